The molecule has 0 saturated heterocycles. The Balaban J connectivity index is 1.76. The second-order valence-corrected chi connectivity index (χ2v) is 7.07. The first-order valence-corrected chi connectivity index (χ1v) is 9.20. The van der Waals surface area contributed by atoms with Crippen LogP contribution in [0.25, 0.3) is 11.0 Å². The van der Waals surface area contributed by atoms with Crippen LogP contribution in [0.5, 0.6) is 5.75 Å². The molecule has 2 heterocycles. The quantitative estimate of drug-likeness (QED) is 0.738. The summed E-state index contributed by atoms with van der Waals surface area (Å²) in [7, 11) is 0. The number of hydrogen-bond acceptors (Lipinski definition) is 3. The van der Waals surface area contributed by atoms with Crippen LogP contribution >= 0.6 is 0 Å². The predicted molar refractivity (Wildman–Crippen MR) is 102 cm³/mol. The molecule has 0 saturated carbocycles. The molecule has 0 spiro atoms. The molecular weight excluding hydrogens is 326 g/mol. The molecule has 0 bridgehead atoms. The maximum atomic E-state index is 11.9. The van der Waals surface area contributed by atoms with E-state index in [1.54, 1.807) is 6.07 Å². The van der Waals surface area contributed by atoms with Gasteiger partial charge >= 0.3 is 5.63 Å². The van der Waals surface area contributed by atoms with Crippen LogP contribution in [0.1, 0.15) is 42.1 Å². The summed E-state index contributed by atoms with van der Waals surface area (Å²) in [5, 5.41) is 1.03. The van der Waals surface area contributed by atoms with Gasteiger partial charge in [0.1, 0.15) is 23.9 Å². The number of benzene rings is 2. The summed E-state index contributed by atoms with van der Waals surface area (Å²) in [5.41, 5.74) is 4.82. The minimum Gasteiger partial charge on any atom is -0.444 e. The number of rotatable bonds is 3. The Morgan fingerprint density at radius 1 is 1.19 bits per heavy atom. The topological polar surface area (TPSA) is 43.9 Å². The number of ether oxygens (including phenoxy) is 1. The Kier molecular flexibility index (Phi) is 4.29. The van der Waals surface area contributed by atoms with E-state index in [9.17, 15) is 4.79 Å². The van der Waals surface area contributed by atoms with Crippen molar-refractivity contribution in [3.05, 3.63) is 75.1 Å². The summed E-state index contributed by atoms with van der Waals surface area (Å²) >= 11 is 0. The fraction of sp³-hybridized carbons (Fsp3) is 0.318. The normalized spacial score (nSPS) is 17.6. The first kappa shape index (κ1) is 16.9. The van der Waals surface area contributed by atoms with Crippen molar-refractivity contribution in [1.82, 2.24) is 0 Å². The van der Waals surface area contributed by atoms with Gasteiger partial charge in [0.15, 0.2) is 0 Å². The fourth-order valence-corrected chi connectivity index (χ4v) is 3.91. The molecule has 1 aromatic heterocycles. The lowest BCUT2D eigenvalue weighted by Crippen LogP contribution is -3.12. The highest BCUT2D eigenvalue weighted by atomic mass is 16.5. The van der Waals surface area contributed by atoms with E-state index in [1.165, 1.54) is 16.0 Å². The van der Waals surface area contributed by atoms with E-state index in [0.717, 1.165) is 35.2 Å². The van der Waals surface area contributed by atoms with E-state index in [4.69, 9.17) is 9.15 Å². The molecule has 0 fully saturated rings. The van der Waals surface area contributed by atoms with E-state index in [2.05, 4.69) is 44.2 Å². The number of hydrogen-bond donors (Lipinski definition) is 1. The third-order valence-corrected chi connectivity index (χ3v) is 5.49. The summed E-state index contributed by atoms with van der Waals surface area (Å²) in [6.45, 7) is 7.78. The summed E-state index contributed by atoms with van der Waals surface area (Å²) < 4.78 is 11.6. The zero-order valence-corrected chi connectivity index (χ0v) is 15.5. The van der Waals surface area contributed by atoms with Crippen molar-refractivity contribution < 1.29 is 14.1 Å². The molecule has 26 heavy (non-hydrogen) atoms. The zero-order valence-electron chi connectivity index (χ0n) is 15.5. The number of fused-ring (bicyclic) bond motifs is 2. The molecule has 1 N–H and O–H groups in total. The average molecular weight is 350 g/mol. The van der Waals surface area contributed by atoms with Gasteiger partial charge in [0.2, 0.25) is 6.73 Å². The van der Waals surface area contributed by atoms with Gasteiger partial charge in [0.05, 0.1) is 0 Å². The standard InChI is InChI=1S/C22H23NO3/c1-4-16-11-20(24)26-22-14(2)21-18(10-19(16)22)12-23(13-25-21)15(3)17-8-6-5-7-9-17/h5-11,15H,4,12-13H2,1-3H3/p+1/t15-/m1/s1. The highest BCUT2D eigenvalue weighted by Crippen LogP contribution is 2.33. The van der Waals surface area contributed by atoms with Gasteiger partial charge in [-0.3, -0.25) is 4.90 Å². The van der Waals surface area contributed by atoms with E-state index >= 15 is 0 Å². The molecule has 1 aliphatic heterocycles. The van der Waals surface area contributed by atoms with E-state index in [0.29, 0.717) is 18.4 Å². The largest absolute Gasteiger partial charge is 0.444 e. The van der Waals surface area contributed by atoms with Gasteiger partial charge in [-0.2, -0.15) is 0 Å². The molecule has 4 nitrogen and oxygen atoms in total. The summed E-state index contributed by atoms with van der Waals surface area (Å²) in [6, 6.07) is 14.6. The SMILES string of the molecule is CCc1cc(=O)oc2c(C)c3c(cc12)C[NH+]([C@H](C)c1ccccc1)CO3. The Morgan fingerprint density at radius 3 is 2.69 bits per heavy atom. The fourth-order valence-electron chi connectivity index (χ4n) is 3.91. The van der Waals surface area contributed by atoms with Crippen LogP contribution < -0.4 is 15.3 Å². The third kappa shape index (κ3) is 2.80. The van der Waals surface area contributed by atoms with Crippen LogP contribution in [0.3, 0.4) is 0 Å². The molecule has 134 valence electrons. The summed E-state index contributed by atoms with van der Waals surface area (Å²) in [4.78, 5) is 13.2. The number of quaternary nitrogens is 1. The Labute approximate surface area is 153 Å². The van der Waals surface area contributed by atoms with Crippen LogP contribution in [-0.4, -0.2) is 6.73 Å². The van der Waals surface area contributed by atoms with Crippen molar-refractivity contribution in [3.63, 3.8) is 0 Å². The minimum atomic E-state index is -0.293. The molecular formula is C22H24NO3+. The molecule has 4 heteroatoms. The maximum absolute atomic E-state index is 11.9. The molecule has 1 unspecified atom stereocenters. The van der Waals surface area contributed by atoms with Crippen LogP contribution in [0, 0.1) is 6.92 Å². The van der Waals surface area contributed by atoms with Crippen molar-refractivity contribution in [1.29, 1.82) is 0 Å². The lowest BCUT2D eigenvalue weighted by molar-refractivity contribution is -0.960. The van der Waals surface area contributed by atoms with Crippen molar-refractivity contribution in [2.45, 2.75) is 39.8 Å². The van der Waals surface area contributed by atoms with E-state index < -0.39 is 0 Å². The summed E-state index contributed by atoms with van der Waals surface area (Å²) in [5.74, 6) is 0.873. The lowest BCUT2D eigenvalue weighted by atomic mass is 9.98. The molecule has 1 aliphatic rings. The monoisotopic (exact) mass is 350 g/mol. The second-order valence-electron chi connectivity index (χ2n) is 7.07. The molecule has 0 amide bonds. The number of nitrogens with one attached hydrogen (secondary N) is 1. The Morgan fingerprint density at radius 2 is 1.96 bits per heavy atom. The van der Waals surface area contributed by atoms with Crippen molar-refractivity contribution in [3.8, 4) is 5.75 Å². The smallest absolute Gasteiger partial charge is 0.336 e. The maximum Gasteiger partial charge on any atom is 0.336 e. The van der Waals surface area contributed by atoms with Gasteiger partial charge in [0, 0.05) is 28.1 Å². The molecule has 0 radical (unpaired) electrons. The number of aryl methyl sites for hydroxylation is 2. The molecule has 4 rings (SSSR count). The molecule has 2 atom stereocenters. The van der Waals surface area contributed by atoms with Gasteiger partial charge in [-0.05, 0) is 31.9 Å². The zero-order chi connectivity index (χ0) is 18.3. The van der Waals surface area contributed by atoms with Crippen molar-refractivity contribution in [2.75, 3.05) is 6.73 Å². The second kappa shape index (κ2) is 6.61. The van der Waals surface area contributed by atoms with Gasteiger partial charge in [-0.1, -0.05) is 37.3 Å². The first-order valence-electron chi connectivity index (χ1n) is 9.20. The van der Waals surface area contributed by atoms with Gasteiger partial charge < -0.3 is 9.15 Å². The van der Waals surface area contributed by atoms with Gasteiger partial charge in [-0.25, -0.2) is 4.79 Å². The minimum absolute atomic E-state index is 0.293. The van der Waals surface area contributed by atoms with Gasteiger partial charge in [0.25, 0.3) is 0 Å². The third-order valence-electron chi connectivity index (χ3n) is 5.49. The van der Waals surface area contributed by atoms with Gasteiger partial charge in [-0.15, -0.1) is 0 Å². The van der Waals surface area contributed by atoms with E-state index in [-0.39, 0.29) is 5.63 Å². The Bertz CT molecular complexity index is 1010. The van der Waals surface area contributed by atoms with Crippen LogP contribution in [0.15, 0.2) is 51.7 Å². The predicted octanol–water partition coefficient (Wildman–Crippen LogP) is 3.16. The van der Waals surface area contributed by atoms with Crippen LogP contribution in [0.2, 0.25) is 0 Å². The molecule has 0 aliphatic carbocycles. The Hall–Kier alpha value is -2.59. The van der Waals surface area contributed by atoms with Crippen molar-refractivity contribution >= 4 is 11.0 Å². The van der Waals surface area contributed by atoms with Crippen molar-refractivity contribution in [2.24, 2.45) is 0 Å². The molecule has 3 aromatic rings. The van der Waals surface area contributed by atoms with Crippen LogP contribution in [-0.2, 0) is 13.0 Å². The summed E-state index contributed by atoms with van der Waals surface area (Å²) in [6.07, 6.45) is 0.804. The van der Waals surface area contributed by atoms with E-state index in [1.807, 2.05) is 13.0 Å². The van der Waals surface area contributed by atoms with Crippen LogP contribution in [0.4, 0.5) is 0 Å². The highest BCUT2D eigenvalue weighted by molar-refractivity contribution is 5.86. The average Bonchev–Trinajstić information content (AvgIpc) is 2.68. The molecule has 2 aromatic carbocycles. The first-order chi connectivity index (χ1) is 12.6. The lowest BCUT2D eigenvalue weighted by Gasteiger charge is -2.31. The highest BCUT2D eigenvalue weighted by Gasteiger charge is 2.29.